The van der Waals surface area contributed by atoms with E-state index < -0.39 is 0 Å². The summed E-state index contributed by atoms with van der Waals surface area (Å²) in [5.41, 5.74) is 7.12. The smallest absolute Gasteiger partial charge is 0.195 e. The molecule has 0 aliphatic heterocycles. The summed E-state index contributed by atoms with van der Waals surface area (Å²) in [5, 5.41) is 8.85. The molecule has 1 atom stereocenters. The van der Waals surface area contributed by atoms with Crippen molar-refractivity contribution < 1.29 is 0 Å². The summed E-state index contributed by atoms with van der Waals surface area (Å²) in [6.07, 6.45) is 2.55. The second-order valence-corrected chi connectivity index (χ2v) is 6.18. The van der Waals surface area contributed by atoms with Gasteiger partial charge in [0.05, 0.1) is 0 Å². The number of nitrogens with zero attached hydrogens (tertiary/aromatic N) is 3. The Balaban J connectivity index is 2.30. The van der Waals surface area contributed by atoms with Gasteiger partial charge in [0.2, 0.25) is 0 Å². The maximum Gasteiger partial charge on any atom is 0.195 e. The molecule has 2 aromatic rings. The van der Waals surface area contributed by atoms with Crippen LogP contribution in [0.4, 0.5) is 0 Å². The van der Waals surface area contributed by atoms with Crippen molar-refractivity contribution in [2.75, 3.05) is 0 Å². The van der Waals surface area contributed by atoms with Crippen molar-refractivity contribution in [3.8, 4) is 0 Å². The third-order valence-corrected chi connectivity index (χ3v) is 4.09. The Hall–Kier alpha value is -0.850. The first-order chi connectivity index (χ1) is 8.56. The van der Waals surface area contributed by atoms with Gasteiger partial charge >= 0.3 is 0 Å². The van der Waals surface area contributed by atoms with Crippen LogP contribution in [-0.2, 0) is 13.5 Å². The van der Waals surface area contributed by atoms with Crippen LogP contribution in [-0.4, -0.2) is 20.8 Å². The maximum absolute atomic E-state index is 5.88. The molecule has 18 heavy (non-hydrogen) atoms. The molecule has 1 unspecified atom stereocenters. The lowest BCUT2D eigenvalue weighted by Gasteiger charge is -2.11. The van der Waals surface area contributed by atoms with Crippen molar-refractivity contribution >= 4 is 27.7 Å². The van der Waals surface area contributed by atoms with E-state index in [0.29, 0.717) is 0 Å². The van der Waals surface area contributed by atoms with Crippen molar-refractivity contribution in [3.05, 3.63) is 34.6 Å². The van der Waals surface area contributed by atoms with E-state index in [1.54, 1.807) is 18.1 Å². The molecule has 0 aliphatic carbocycles. The molecule has 0 fully saturated rings. The molecule has 0 spiro atoms. The fraction of sp³-hybridized carbons (Fsp3) is 0.333. The number of aryl methyl sites for hydroxylation is 1. The van der Waals surface area contributed by atoms with Crippen molar-refractivity contribution in [1.82, 2.24) is 14.8 Å². The van der Waals surface area contributed by atoms with Gasteiger partial charge in [-0.1, -0.05) is 22.0 Å². The zero-order valence-electron chi connectivity index (χ0n) is 10.3. The summed E-state index contributed by atoms with van der Waals surface area (Å²) in [7, 11) is 1.94. The molecule has 1 aromatic carbocycles. The van der Waals surface area contributed by atoms with E-state index in [0.717, 1.165) is 20.9 Å². The summed E-state index contributed by atoms with van der Waals surface area (Å²) in [6.45, 7) is 2.01. The largest absolute Gasteiger partial charge is 0.328 e. The number of benzene rings is 1. The Morgan fingerprint density at radius 1 is 1.50 bits per heavy atom. The zero-order valence-corrected chi connectivity index (χ0v) is 12.7. The maximum atomic E-state index is 5.88. The van der Waals surface area contributed by atoms with Gasteiger partial charge in [-0.25, -0.2) is 0 Å². The van der Waals surface area contributed by atoms with Crippen LogP contribution in [0.1, 0.15) is 12.5 Å². The van der Waals surface area contributed by atoms with Crippen LogP contribution in [0.2, 0.25) is 0 Å². The van der Waals surface area contributed by atoms with Gasteiger partial charge in [-0.2, -0.15) is 0 Å². The van der Waals surface area contributed by atoms with Crippen LogP contribution in [0, 0.1) is 0 Å². The topological polar surface area (TPSA) is 56.7 Å². The first kappa shape index (κ1) is 13.6. The molecule has 96 valence electrons. The fourth-order valence-corrected chi connectivity index (χ4v) is 3.06. The van der Waals surface area contributed by atoms with Crippen LogP contribution in [0.5, 0.6) is 0 Å². The number of hydrogen-bond acceptors (Lipinski definition) is 4. The van der Waals surface area contributed by atoms with Crippen molar-refractivity contribution in [3.63, 3.8) is 0 Å². The molecule has 0 bridgehead atoms. The number of nitrogens with two attached hydrogens (primary N) is 1. The predicted molar refractivity (Wildman–Crippen MR) is 76.6 cm³/mol. The lowest BCUT2D eigenvalue weighted by atomic mass is 10.1. The molecular weight excluding hydrogens is 312 g/mol. The predicted octanol–water partition coefficient (Wildman–Crippen LogP) is 2.62. The standard InChI is InChI=1S/C12H15BrN4S/c1-8(14)5-9-3-4-10(13)6-11(9)18-12-16-15-7-17(12)2/h3-4,6-8H,5,14H2,1-2H3. The molecule has 1 heterocycles. The molecule has 2 rings (SSSR count). The Morgan fingerprint density at radius 3 is 2.89 bits per heavy atom. The summed E-state index contributed by atoms with van der Waals surface area (Å²) in [4.78, 5) is 1.16. The van der Waals surface area contributed by atoms with Gasteiger partial charge in [-0.15, -0.1) is 10.2 Å². The van der Waals surface area contributed by atoms with Crippen LogP contribution < -0.4 is 5.73 Å². The van der Waals surface area contributed by atoms with Crippen LogP contribution in [0.15, 0.2) is 39.1 Å². The van der Waals surface area contributed by atoms with Crippen molar-refractivity contribution in [1.29, 1.82) is 0 Å². The molecule has 0 radical (unpaired) electrons. The summed E-state index contributed by atoms with van der Waals surface area (Å²) in [5.74, 6) is 0. The van der Waals surface area contributed by atoms with Crippen molar-refractivity contribution in [2.24, 2.45) is 12.8 Å². The lowest BCUT2D eigenvalue weighted by Crippen LogP contribution is -2.18. The first-order valence-electron chi connectivity index (χ1n) is 5.62. The highest BCUT2D eigenvalue weighted by Crippen LogP contribution is 2.31. The van der Waals surface area contributed by atoms with E-state index in [4.69, 9.17) is 5.73 Å². The minimum atomic E-state index is 0.144. The van der Waals surface area contributed by atoms with Gasteiger partial charge in [0, 0.05) is 22.5 Å². The minimum Gasteiger partial charge on any atom is -0.328 e. The summed E-state index contributed by atoms with van der Waals surface area (Å²) in [6, 6.07) is 6.38. The van der Waals surface area contributed by atoms with E-state index in [9.17, 15) is 0 Å². The molecule has 0 amide bonds. The average molecular weight is 327 g/mol. The SMILES string of the molecule is CC(N)Cc1ccc(Br)cc1Sc1nncn1C. The van der Waals surface area contributed by atoms with Gasteiger partial charge in [0.1, 0.15) is 6.33 Å². The summed E-state index contributed by atoms with van der Waals surface area (Å²) < 4.78 is 2.96. The van der Waals surface area contributed by atoms with Gasteiger partial charge in [-0.3, -0.25) is 0 Å². The van der Waals surface area contributed by atoms with E-state index in [-0.39, 0.29) is 6.04 Å². The highest BCUT2D eigenvalue weighted by atomic mass is 79.9. The Morgan fingerprint density at radius 2 is 2.28 bits per heavy atom. The Kier molecular flexibility index (Phi) is 4.42. The number of rotatable bonds is 4. The Bertz CT molecular complexity index is 539. The van der Waals surface area contributed by atoms with E-state index in [1.807, 2.05) is 24.6 Å². The quantitative estimate of drug-likeness (QED) is 0.938. The Labute approximate surface area is 119 Å². The van der Waals surface area contributed by atoms with Crippen LogP contribution in [0.3, 0.4) is 0 Å². The number of aromatic nitrogens is 3. The zero-order chi connectivity index (χ0) is 13.1. The van der Waals surface area contributed by atoms with Gasteiger partial charge < -0.3 is 10.3 Å². The van der Waals surface area contributed by atoms with E-state index in [1.165, 1.54) is 5.56 Å². The number of hydrogen-bond donors (Lipinski definition) is 1. The highest BCUT2D eigenvalue weighted by Gasteiger charge is 2.10. The molecular formula is C12H15BrN4S. The lowest BCUT2D eigenvalue weighted by molar-refractivity contribution is 0.728. The summed E-state index contributed by atoms with van der Waals surface area (Å²) >= 11 is 5.11. The average Bonchev–Trinajstić information content (AvgIpc) is 2.68. The molecule has 2 N–H and O–H groups in total. The minimum absolute atomic E-state index is 0.144. The van der Waals surface area contributed by atoms with Gasteiger partial charge in [-0.05, 0) is 42.8 Å². The molecule has 0 aliphatic rings. The third-order valence-electron chi connectivity index (χ3n) is 2.44. The molecule has 1 aromatic heterocycles. The molecule has 0 saturated heterocycles. The monoisotopic (exact) mass is 326 g/mol. The van der Waals surface area contributed by atoms with Crippen molar-refractivity contribution in [2.45, 2.75) is 29.4 Å². The molecule has 0 saturated carbocycles. The highest BCUT2D eigenvalue weighted by molar-refractivity contribution is 9.10. The van der Waals surface area contributed by atoms with Gasteiger partial charge in [0.25, 0.3) is 0 Å². The van der Waals surface area contributed by atoms with Crippen LogP contribution in [0.25, 0.3) is 0 Å². The first-order valence-corrected chi connectivity index (χ1v) is 7.23. The van der Waals surface area contributed by atoms with Gasteiger partial charge in [0.15, 0.2) is 5.16 Å². The molecule has 6 heteroatoms. The molecule has 4 nitrogen and oxygen atoms in total. The van der Waals surface area contributed by atoms with E-state index in [2.05, 4.69) is 38.3 Å². The third kappa shape index (κ3) is 3.34. The second kappa shape index (κ2) is 5.86. The number of halogens is 1. The normalized spacial score (nSPS) is 12.7. The fourth-order valence-electron chi connectivity index (χ4n) is 1.60. The van der Waals surface area contributed by atoms with Crippen LogP contribution >= 0.6 is 27.7 Å². The van der Waals surface area contributed by atoms with E-state index >= 15 is 0 Å². The second-order valence-electron chi connectivity index (χ2n) is 4.26.